The molecule has 5 atom stereocenters. The van der Waals surface area contributed by atoms with Crippen LogP contribution in [0.1, 0.15) is 47.1 Å². The molecule has 1 aromatic carbocycles. The molecule has 0 amide bonds. The van der Waals surface area contributed by atoms with Crippen LogP contribution in [-0.2, 0) is 35.0 Å². The van der Waals surface area contributed by atoms with Crippen molar-refractivity contribution in [2.75, 3.05) is 13.2 Å². The average Bonchev–Trinajstić information content (AvgIpc) is 3.15. The third-order valence-corrected chi connectivity index (χ3v) is 5.31. The van der Waals surface area contributed by atoms with Gasteiger partial charge in [-0.1, -0.05) is 26.0 Å². The Balaban J connectivity index is 1.34. The van der Waals surface area contributed by atoms with Crippen molar-refractivity contribution in [2.24, 2.45) is 5.92 Å². The molecular weight excluding hydrogens is 388 g/mol. The van der Waals surface area contributed by atoms with Gasteiger partial charge in [-0.2, -0.15) is 0 Å². The number of hydrogen-bond acceptors (Lipinski definition) is 7. The highest BCUT2D eigenvalue weighted by Gasteiger charge is 2.60. The Kier molecular flexibility index (Phi) is 6.14. The molecule has 30 heavy (non-hydrogen) atoms. The van der Waals surface area contributed by atoms with Crippen molar-refractivity contribution in [1.29, 1.82) is 0 Å². The topological polar surface area (TPSA) is 64.6 Å². The highest BCUT2D eigenvalue weighted by molar-refractivity contribution is 5.26. The van der Waals surface area contributed by atoms with Crippen molar-refractivity contribution in [2.45, 2.75) is 90.4 Å². The molecule has 3 heterocycles. The van der Waals surface area contributed by atoms with E-state index in [9.17, 15) is 0 Å². The maximum atomic E-state index is 6.17. The summed E-state index contributed by atoms with van der Waals surface area (Å²) in [5.74, 6) is -0.0473. The summed E-state index contributed by atoms with van der Waals surface area (Å²) in [6.45, 7) is 13.4. The van der Waals surface area contributed by atoms with E-state index >= 15 is 0 Å². The van der Waals surface area contributed by atoms with Crippen LogP contribution in [0, 0.1) is 5.92 Å². The molecule has 3 aliphatic rings. The second-order valence-electron chi connectivity index (χ2n) is 9.57. The number of hydrogen-bond donors (Lipinski definition) is 0. The van der Waals surface area contributed by atoms with Gasteiger partial charge in [-0.05, 0) is 51.3 Å². The summed E-state index contributed by atoms with van der Waals surface area (Å²) in [4.78, 5) is 0. The van der Waals surface area contributed by atoms with Crippen LogP contribution >= 0.6 is 0 Å². The van der Waals surface area contributed by atoms with Crippen LogP contribution in [0.3, 0.4) is 0 Å². The SMILES string of the molecule is CC(C)COc1ccc(COC[C@@H]2O[C@@H]3OC(C)(C)O[C@@H]3[C@@H]3OC(C)(C)O[C@@H]32)cc1. The molecule has 3 fully saturated rings. The Labute approximate surface area is 178 Å². The monoisotopic (exact) mass is 422 g/mol. The van der Waals surface area contributed by atoms with Gasteiger partial charge in [-0.25, -0.2) is 0 Å². The van der Waals surface area contributed by atoms with Crippen LogP contribution < -0.4 is 4.74 Å². The minimum atomic E-state index is -0.717. The van der Waals surface area contributed by atoms with Crippen molar-refractivity contribution >= 4 is 0 Å². The Morgan fingerprint density at radius 1 is 0.867 bits per heavy atom. The first-order chi connectivity index (χ1) is 14.1. The predicted molar refractivity (Wildman–Crippen MR) is 109 cm³/mol. The van der Waals surface area contributed by atoms with Gasteiger partial charge in [0, 0.05) is 0 Å². The third kappa shape index (κ3) is 4.98. The molecule has 0 radical (unpaired) electrons. The Hall–Kier alpha value is -1.22. The summed E-state index contributed by atoms with van der Waals surface area (Å²) in [6, 6.07) is 7.98. The van der Waals surface area contributed by atoms with Gasteiger partial charge in [-0.3, -0.25) is 0 Å². The van der Waals surface area contributed by atoms with E-state index in [1.807, 2.05) is 52.0 Å². The number of ether oxygens (including phenoxy) is 7. The fourth-order valence-electron chi connectivity index (χ4n) is 4.07. The standard InChI is InChI=1S/C23H34O7/c1-14(2)11-25-16-9-7-15(8-10-16)12-24-13-17-18-19(28-22(3,4)27-18)20-21(26-17)30-23(5,6)29-20/h7-10,14,17-21H,11-13H2,1-6H3/t17-,18+,19+,20+,21+/m0/s1. The molecule has 168 valence electrons. The zero-order valence-electron chi connectivity index (χ0n) is 18.8. The molecule has 7 nitrogen and oxygen atoms in total. The smallest absolute Gasteiger partial charge is 0.190 e. The van der Waals surface area contributed by atoms with E-state index in [0.29, 0.717) is 25.7 Å². The van der Waals surface area contributed by atoms with Gasteiger partial charge in [0.1, 0.15) is 30.2 Å². The fourth-order valence-corrected chi connectivity index (χ4v) is 4.07. The van der Waals surface area contributed by atoms with Crippen LogP contribution in [0.25, 0.3) is 0 Å². The lowest BCUT2D eigenvalue weighted by atomic mass is 9.99. The molecule has 3 saturated heterocycles. The molecule has 0 bridgehead atoms. The lowest BCUT2D eigenvalue weighted by molar-refractivity contribution is -0.243. The minimum Gasteiger partial charge on any atom is -0.493 e. The van der Waals surface area contributed by atoms with E-state index in [4.69, 9.17) is 33.2 Å². The quantitative estimate of drug-likeness (QED) is 0.665. The van der Waals surface area contributed by atoms with E-state index in [1.54, 1.807) is 0 Å². The second kappa shape index (κ2) is 8.37. The summed E-state index contributed by atoms with van der Waals surface area (Å²) in [7, 11) is 0. The maximum Gasteiger partial charge on any atom is 0.190 e. The zero-order valence-corrected chi connectivity index (χ0v) is 18.8. The summed E-state index contributed by atoms with van der Waals surface area (Å²) in [6.07, 6.45) is -1.65. The summed E-state index contributed by atoms with van der Waals surface area (Å²) in [5.41, 5.74) is 1.07. The Bertz CT molecular complexity index is 715. The number of rotatable bonds is 7. The van der Waals surface area contributed by atoms with Gasteiger partial charge in [-0.15, -0.1) is 0 Å². The van der Waals surface area contributed by atoms with Crippen LogP contribution in [0.2, 0.25) is 0 Å². The second-order valence-corrected chi connectivity index (χ2v) is 9.57. The maximum absolute atomic E-state index is 6.17. The number of fused-ring (bicyclic) bond motifs is 3. The van der Waals surface area contributed by atoms with Crippen molar-refractivity contribution < 1.29 is 33.2 Å². The fraction of sp³-hybridized carbons (Fsp3) is 0.739. The highest BCUT2D eigenvalue weighted by Crippen LogP contribution is 2.44. The molecule has 1 aromatic rings. The summed E-state index contributed by atoms with van der Waals surface area (Å²) < 4.78 is 42.1. The summed E-state index contributed by atoms with van der Waals surface area (Å²) >= 11 is 0. The van der Waals surface area contributed by atoms with Gasteiger partial charge >= 0.3 is 0 Å². The molecule has 0 unspecified atom stereocenters. The van der Waals surface area contributed by atoms with Gasteiger partial charge in [0.25, 0.3) is 0 Å². The molecule has 0 aromatic heterocycles. The van der Waals surface area contributed by atoms with Crippen LogP contribution in [0.5, 0.6) is 5.75 Å². The Morgan fingerprint density at radius 2 is 1.50 bits per heavy atom. The average molecular weight is 423 g/mol. The van der Waals surface area contributed by atoms with Gasteiger partial charge in [0.05, 0.1) is 19.8 Å². The minimum absolute atomic E-state index is 0.258. The lowest BCUT2D eigenvalue weighted by Gasteiger charge is -2.37. The normalized spacial score (nSPS) is 34.0. The molecule has 0 saturated carbocycles. The van der Waals surface area contributed by atoms with Crippen molar-refractivity contribution in [3.05, 3.63) is 29.8 Å². The van der Waals surface area contributed by atoms with E-state index in [0.717, 1.165) is 11.3 Å². The van der Waals surface area contributed by atoms with E-state index in [1.165, 1.54) is 0 Å². The third-order valence-electron chi connectivity index (χ3n) is 5.31. The first kappa shape index (κ1) is 22.0. The first-order valence-electron chi connectivity index (χ1n) is 10.8. The van der Waals surface area contributed by atoms with E-state index < -0.39 is 17.9 Å². The van der Waals surface area contributed by atoms with Crippen LogP contribution in [-0.4, -0.2) is 55.5 Å². The molecular formula is C23H34O7. The van der Waals surface area contributed by atoms with Crippen molar-refractivity contribution in [3.63, 3.8) is 0 Å². The molecule has 0 aliphatic carbocycles. The van der Waals surface area contributed by atoms with Crippen LogP contribution in [0.15, 0.2) is 24.3 Å². The molecule has 7 heteroatoms. The van der Waals surface area contributed by atoms with Crippen molar-refractivity contribution in [1.82, 2.24) is 0 Å². The molecule has 3 aliphatic heterocycles. The zero-order chi connectivity index (χ0) is 21.5. The van der Waals surface area contributed by atoms with Gasteiger partial charge in [0.15, 0.2) is 17.9 Å². The molecule has 0 spiro atoms. The molecule has 4 rings (SSSR count). The Morgan fingerprint density at radius 3 is 2.20 bits per heavy atom. The first-order valence-corrected chi connectivity index (χ1v) is 10.8. The molecule has 0 N–H and O–H groups in total. The van der Waals surface area contributed by atoms with E-state index in [2.05, 4.69) is 13.8 Å². The predicted octanol–water partition coefficient (Wildman–Crippen LogP) is 3.63. The summed E-state index contributed by atoms with van der Waals surface area (Å²) in [5, 5.41) is 0. The van der Waals surface area contributed by atoms with Gasteiger partial charge < -0.3 is 33.2 Å². The largest absolute Gasteiger partial charge is 0.493 e. The van der Waals surface area contributed by atoms with E-state index in [-0.39, 0.29) is 24.4 Å². The highest BCUT2D eigenvalue weighted by atomic mass is 16.9. The lowest BCUT2D eigenvalue weighted by Crippen LogP contribution is -2.56. The number of benzene rings is 1. The van der Waals surface area contributed by atoms with Crippen molar-refractivity contribution in [3.8, 4) is 5.75 Å². The van der Waals surface area contributed by atoms with Gasteiger partial charge in [0.2, 0.25) is 0 Å². The van der Waals surface area contributed by atoms with Crippen LogP contribution in [0.4, 0.5) is 0 Å².